The molecule has 3 aromatic rings. The topological polar surface area (TPSA) is 225 Å². The summed E-state index contributed by atoms with van der Waals surface area (Å²) in [5.74, 6) is -2.10. The molecule has 1 aromatic heterocycles. The fraction of sp³-hybridized carbons (Fsp3) is 0.476. The van der Waals surface area contributed by atoms with Gasteiger partial charge in [-0.25, -0.2) is 9.97 Å². The Balaban J connectivity index is 0.735. The lowest BCUT2D eigenvalue weighted by atomic mass is 10.00. The molecule has 5 N–H and O–H groups in total. The molecule has 2 fully saturated rings. The fourth-order valence-electron chi connectivity index (χ4n) is 7.98. The van der Waals surface area contributed by atoms with Gasteiger partial charge in [0, 0.05) is 70.0 Å². The van der Waals surface area contributed by atoms with Gasteiger partial charge < -0.3 is 35.4 Å². The minimum absolute atomic E-state index is 0.00597. The van der Waals surface area contributed by atoms with E-state index in [4.69, 9.17) is 9.47 Å². The van der Waals surface area contributed by atoms with E-state index in [1.807, 2.05) is 17.0 Å². The van der Waals surface area contributed by atoms with Gasteiger partial charge in [0.15, 0.2) is 0 Å². The molecule has 4 aliphatic heterocycles. The Morgan fingerprint density at radius 3 is 2.47 bits per heavy atom. The second kappa shape index (κ2) is 20.0. The van der Waals surface area contributed by atoms with Crippen molar-refractivity contribution in [2.24, 2.45) is 0 Å². The number of likely N-dealkylation sites (tertiary alicyclic amines) is 1. The van der Waals surface area contributed by atoms with Crippen molar-refractivity contribution in [3.63, 3.8) is 0 Å². The maximum Gasteiger partial charge on any atom is 0.270 e. The number of β-amino-alcohol motifs (C(OH)–C–C–N with tert-alkyl or cyclic N) is 1. The van der Waals surface area contributed by atoms with Crippen molar-refractivity contribution < 1.29 is 43.3 Å². The molecule has 0 spiro atoms. The average molecular weight is 826 g/mol. The molecule has 0 saturated carbocycles. The van der Waals surface area contributed by atoms with Crippen LogP contribution in [0.25, 0.3) is 0 Å². The first-order valence-electron chi connectivity index (χ1n) is 20.5. The van der Waals surface area contributed by atoms with Crippen LogP contribution in [0.3, 0.4) is 0 Å². The fourth-order valence-corrected chi connectivity index (χ4v) is 7.98. The number of imide groups is 2. The van der Waals surface area contributed by atoms with Crippen molar-refractivity contribution >= 4 is 46.9 Å². The van der Waals surface area contributed by atoms with Crippen molar-refractivity contribution in [2.75, 3.05) is 76.3 Å². The van der Waals surface area contributed by atoms with Gasteiger partial charge in [0.2, 0.25) is 17.7 Å². The second-order valence-corrected chi connectivity index (χ2v) is 15.3. The summed E-state index contributed by atoms with van der Waals surface area (Å²) in [6.45, 7) is 4.83. The van der Waals surface area contributed by atoms with Crippen molar-refractivity contribution in [1.29, 1.82) is 0 Å². The second-order valence-electron chi connectivity index (χ2n) is 15.3. The van der Waals surface area contributed by atoms with E-state index in [-0.39, 0.29) is 73.7 Å². The van der Waals surface area contributed by atoms with Crippen LogP contribution in [0.15, 0.2) is 54.9 Å². The Bertz CT molecular complexity index is 2080. The van der Waals surface area contributed by atoms with Crippen LogP contribution in [0.1, 0.15) is 74.4 Å². The predicted octanol–water partition coefficient (Wildman–Crippen LogP) is 0.965. The number of anilines is 2. The first-order valence-corrected chi connectivity index (χ1v) is 20.5. The summed E-state index contributed by atoms with van der Waals surface area (Å²) in [5, 5.41) is 22.1. The molecule has 60 heavy (non-hydrogen) atoms. The van der Waals surface area contributed by atoms with Gasteiger partial charge in [0.25, 0.3) is 17.7 Å². The zero-order chi connectivity index (χ0) is 42.0. The van der Waals surface area contributed by atoms with Crippen LogP contribution >= 0.6 is 0 Å². The summed E-state index contributed by atoms with van der Waals surface area (Å²) in [4.78, 5) is 89.2. The monoisotopic (exact) mass is 825 g/mol. The lowest BCUT2D eigenvalue weighted by Crippen LogP contribution is -2.54. The maximum atomic E-state index is 13.2. The minimum atomic E-state index is -1.03. The van der Waals surface area contributed by atoms with Crippen LogP contribution in [0.5, 0.6) is 0 Å². The Morgan fingerprint density at radius 2 is 1.67 bits per heavy atom. The summed E-state index contributed by atoms with van der Waals surface area (Å²) in [7, 11) is 0. The number of aliphatic hydroxyl groups is 1. The van der Waals surface area contributed by atoms with Gasteiger partial charge in [0.05, 0.1) is 50.1 Å². The molecule has 18 heteroatoms. The van der Waals surface area contributed by atoms with Gasteiger partial charge in [-0.15, -0.1) is 0 Å². The van der Waals surface area contributed by atoms with E-state index in [0.717, 1.165) is 24.4 Å². The van der Waals surface area contributed by atoms with Crippen molar-refractivity contribution in [1.82, 2.24) is 35.3 Å². The molecule has 18 nitrogen and oxygen atoms in total. The normalized spacial score (nSPS) is 18.8. The summed E-state index contributed by atoms with van der Waals surface area (Å²) >= 11 is 0. The molecule has 0 aliphatic carbocycles. The zero-order valence-electron chi connectivity index (χ0n) is 33.4. The summed E-state index contributed by atoms with van der Waals surface area (Å²) in [6, 6.07) is 13.8. The highest BCUT2D eigenvalue weighted by Crippen LogP contribution is 2.32. The number of nitrogens with one attached hydrogen (secondary N) is 4. The highest BCUT2D eigenvalue weighted by Gasteiger charge is 2.45. The molecule has 2 aromatic carbocycles. The molecule has 6 amide bonds. The molecule has 0 radical (unpaired) electrons. The third kappa shape index (κ3) is 10.5. The van der Waals surface area contributed by atoms with Gasteiger partial charge >= 0.3 is 0 Å². The molecule has 318 valence electrons. The van der Waals surface area contributed by atoms with E-state index in [2.05, 4.69) is 48.3 Å². The van der Waals surface area contributed by atoms with Gasteiger partial charge in [-0.1, -0.05) is 30.3 Å². The molecule has 5 heterocycles. The van der Waals surface area contributed by atoms with E-state index in [0.29, 0.717) is 63.7 Å². The number of carbonyl (C=O) groups excluding carboxylic acids is 6. The van der Waals surface area contributed by atoms with Crippen LogP contribution in [0, 0.1) is 0 Å². The number of nitrogens with zero attached hydrogens (tertiary/aromatic N) is 5. The van der Waals surface area contributed by atoms with Gasteiger partial charge in [0.1, 0.15) is 23.9 Å². The summed E-state index contributed by atoms with van der Waals surface area (Å²) < 4.78 is 11.3. The predicted molar refractivity (Wildman–Crippen MR) is 217 cm³/mol. The number of aliphatic hydroxyl groups excluding tert-OH is 1. The molecule has 0 bridgehead atoms. The zero-order valence-corrected chi connectivity index (χ0v) is 33.4. The highest BCUT2D eigenvalue weighted by molar-refractivity contribution is 6.25. The third-order valence-electron chi connectivity index (χ3n) is 11.1. The van der Waals surface area contributed by atoms with Crippen molar-refractivity contribution in [3.05, 3.63) is 82.8 Å². The smallest absolute Gasteiger partial charge is 0.270 e. The van der Waals surface area contributed by atoms with Gasteiger partial charge in [-0.3, -0.25) is 43.9 Å². The first kappa shape index (κ1) is 42.3. The van der Waals surface area contributed by atoms with Gasteiger partial charge in [-0.05, 0) is 48.9 Å². The largest absolute Gasteiger partial charge is 0.390 e. The maximum absolute atomic E-state index is 13.2. The van der Waals surface area contributed by atoms with Crippen LogP contribution < -0.4 is 21.3 Å². The summed E-state index contributed by atoms with van der Waals surface area (Å²) in [5.41, 5.74) is 3.65. The number of fused-ring (bicyclic) bond motifs is 2. The molecule has 1 unspecified atom stereocenters. The number of benzene rings is 2. The van der Waals surface area contributed by atoms with Crippen LogP contribution in [-0.2, 0) is 36.8 Å². The number of ether oxygens (including phenoxy) is 2. The van der Waals surface area contributed by atoms with Crippen molar-refractivity contribution in [3.8, 4) is 0 Å². The van der Waals surface area contributed by atoms with E-state index >= 15 is 0 Å². The van der Waals surface area contributed by atoms with E-state index in [9.17, 15) is 33.9 Å². The number of hydrogen-bond donors (Lipinski definition) is 5. The number of aromatic nitrogens is 2. The average Bonchev–Trinajstić information content (AvgIpc) is 3.51. The van der Waals surface area contributed by atoms with E-state index < -0.39 is 35.8 Å². The number of rotatable bonds is 18. The number of piperidine rings is 2. The highest BCUT2D eigenvalue weighted by atomic mass is 16.5. The van der Waals surface area contributed by atoms with E-state index in [1.165, 1.54) is 23.5 Å². The molecular weight excluding hydrogens is 775 g/mol. The van der Waals surface area contributed by atoms with E-state index in [1.54, 1.807) is 18.2 Å². The molecule has 4 aliphatic rings. The van der Waals surface area contributed by atoms with Crippen LogP contribution in [0.2, 0.25) is 0 Å². The summed E-state index contributed by atoms with van der Waals surface area (Å²) in [6.07, 6.45) is 3.35. The molecular formula is C42H51N9O9. The molecule has 2 saturated heterocycles. The number of hydrogen-bond acceptors (Lipinski definition) is 14. The Kier molecular flexibility index (Phi) is 14.1. The molecule has 7 rings (SSSR count). The molecule has 2 atom stereocenters. The lowest BCUT2D eigenvalue weighted by Gasteiger charge is -2.32. The Morgan fingerprint density at radius 1 is 0.883 bits per heavy atom. The van der Waals surface area contributed by atoms with Crippen LogP contribution in [-0.4, -0.2) is 149 Å². The lowest BCUT2D eigenvalue weighted by molar-refractivity contribution is -0.136. The quantitative estimate of drug-likeness (QED) is 0.0891. The third-order valence-corrected chi connectivity index (χ3v) is 11.1. The number of amides is 6. The first-order chi connectivity index (χ1) is 29.1. The Labute approximate surface area is 347 Å². The minimum Gasteiger partial charge on any atom is -0.390 e. The Hall–Kier alpha value is -5.82. The van der Waals surface area contributed by atoms with Crippen molar-refractivity contribution in [2.45, 2.75) is 63.3 Å². The van der Waals surface area contributed by atoms with Gasteiger partial charge in [-0.2, -0.15) is 0 Å². The standard InChI is InChI=1S/C42H51N9O9/c52-30(25-49-15-10-27-4-1-2-5-28(27)24-49)23-44-39(55)33-22-35(46-26-45-33)47-29-11-16-50(17-12-29)37(54)13-18-59-20-21-60-19-14-43-32-7-3-6-31-38(32)42(58)51(41(31)57)34-8-9-36(53)48-40(34)56/h1-7,22,26,29-30,34,43,52H,8-21,23-25H2,(H,44,55)(H,45,46,47)(H,48,53,56)/t30-,34?/m0/s1. The van der Waals surface area contributed by atoms with Crippen LogP contribution in [0.4, 0.5) is 11.5 Å². The SMILES string of the molecule is O=C1CCC(N2C(=O)c3cccc(NCCOCCOCCC(=O)N4CCC(Nc5cc(C(=O)NC[C@H](O)CN6CCc7ccccc7C6)ncn5)CC4)c3C2=O)C(=O)N1. The number of carbonyl (C=O) groups is 6.